The van der Waals surface area contributed by atoms with E-state index in [1.807, 2.05) is 50.1 Å². The maximum Gasteiger partial charge on any atom is 0.254 e. The van der Waals surface area contributed by atoms with Gasteiger partial charge in [0.25, 0.3) is 5.91 Å². The molecule has 36 heavy (non-hydrogen) atoms. The van der Waals surface area contributed by atoms with E-state index in [0.29, 0.717) is 24.1 Å². The van der Waals surface area contributed by atoms with Gasteiger partial charge in [-0.3, -0.25) is 9.59 Å². The fourth-order valence-corrected chi connectivity index (χ4v) is 5.58. The molecule has 0 spiro atoms. The molecule has 1 saturated carbocycles. The summed E-state index contributed by atoms with van der Waals surface area (Å²) in [4.78, 5) is 43.9. The number of hydrogen-bond acceptors (Lipinski definition) is 7. The van der Waals surface area contributed by atoms with Crippen LogP contribution in [-0.2, 0) is 4.79 Å². The van der Waals surface area contributed by atoms with Crippen LogP contribution in [0.4, 0.5) is 23.1 Å². The van der Waals surface area contributed by atoms with Crippen molar-refractivity contribution in [3.05, 3.63) is 36.0 Å². The minimum Gasteiger partial charge on any atom is -0.351 e. The highest BCUT2D eigenvalue weighted by molar-refractivity contribution is 6.01. The van der Waals surface area contributed by atoms with E-state index in [2.05, 4.69) is 27.1 Å². The zero-order valence-corrected chi connectivity index (χ0v) is 21.8. The molecule has 1 aliphatic carbocycles. The van der Waals surface area contributed by atoms with E-state index >= 15 is 0 Å². The third-order valence-corrected chi connectivity index (χ3v) is 7.75. The number of anilines is 4. The maximum absolute atomic E-state index is 13.2. The second-order valence-electron chi connectivity index (χ2n) is 11.0. The second kappa shape index (κ2) is 9.69. The molecule has 192 valence electrons. The Morgan fingerprint density at radius 1 is 1.08 bits per heavy atom. The molecule has 2 aromatic rings. The van der Waals surface area contributed by atoms with Gasteiger partial charge in [-0.05, 0) is 51.9 Å². The van der Waals surface area contributed by atoms with Crippen LogP contribution < -0.4 is 15.1 Å². The van der Waals surface area contributed by atoms with Crippen LogP contribution in [0.3, 0.4) is 0 Å². The van der Waals surface area contributed by atoms with Crippen molar-refractivity contribution in [2.24, 2.45) is 5.41 Å². The molecule has 1 aromatic heterocycles. The number of likely N-dealkylation sites (N-methyl/N-ethyl adjacent to an activating group) is 1. The number of benzene rings is 1. The number of aromatic nitrogens is 2. The Morgan fingerprint density at radius 3 is 2.53 bits per heavy atom. The zero-order valence-electron chi connectivity index (χ0n) is 21.8. The Hall–Kier alpha value is -3.20. The highest BCUT2D eigenvalue weighted by atomic mass is 16.2. The third-order valence-electron chi connectivity index (χ3n) is 7.75. The summed E-state index contributed by atoms with van der Waals surface area (Å²) in [5, 5.41) is 3.31. The van der Waals surface area contributed by atoms with Crippen molar-refractivity contribution in [3.63, 3.8) is 0 Å². The van der Waals surface area contributed by atoms with Gasteiger partial charge in [-0.1, -0.05) is 18.9 Å². The van der Waals surface area contributed by atoms with Crippen molar-refractivity contribution in [1.82, 2.24) is 19.8 Å². The lowest BCUT2D eigenvalue weighted by Gasteiger charge is -2.34. The van der Waals surface area contributed by atoms with Crippen molar-refractivity contribution in [2.45, 2.75) is 45.6 Å². The van der Waals surface area contributed by atoms with Gasteiger partial charge in [0.2, 0.25) is 11.9 Å². The molecular formula is C27H37N7O2. The predicted molar refractivity (Wildman–Crippen MR) is 142 cm³/mol. The van der Waals surface area contributed by atoms with Gasteiger partial charge >= 0.3 is 0 Å². The molecule has 2 aliphatic heterocycles. The highest BCUT2D eigenvalue weighted by Crippen LogP contribution is 2.40. The molecule has 1 saturated heterocycles. The number of fused-ring (bicyclic) bond motifs is 1. The van der Waals surface area contributed by atoms with E-state index in [-0.39, 0.29) is 11.8 Å². The number of piperazine rings is 1. The minimum atomic E-state index is -0.524. The van der Waals surface area contributed by atoms with Gasteiger partial charge < -0.3 is 24.9 Å². The number of carbonyl (C=O) groups is 2. The standard InChI is InChI=1S/C27H37N7O2/c1-27(2)18-34(21-10-5-6-11-21)23-22(32(4)25(27)36)17-28-26(30-23)29-20-9-7-8-19(16-20)24(35)33-14-12-31(3)13-15-33/h7-9,16-17,21H,5-6,10-15,18H2,1-4H3,(H,28,29,30). The fourth-order valence-electron chi connectivity index (χ4n) is 5.58. The largest absolute Gasteiger partial charge is 0.351 e. The molecule has 3 aliphatic rings. The van der Waals surface area contributed by atoms with E-state index in [1.54, 1.807) is 11.1 Å². The molecule has 0 bridgehead atoms. The van der Waals surface area contributed by atoms with E-state index in [1.165, 1.54) is 12.8 Å². The predicted octanol–water partition coefficient (Wildman–Crippen LogP) is 3.36. The molecule has 2 amide bonds. The lowest BCUT2D eigenvalue weighted by molar-refractivity contribution is -0.125. The van der Waals surface area contributed by atoms with Crippen molar-refractivity contribution in [1.29, 1.82) is 0 Å². The van der Waals surface area contributed by atoms with Gasteiger partial charge in [-0.15, -0.1) is 0 Å². The summed E-state index contributed by atoms with van der Waals surface area (Å²) in [6.45, 7) is 7.89. The van der Waals surface area contributed by atoms with Crippen molar-refractivity contribution in [2.75, 3.05) is 61.9 Å². The molecule has 9 heteroatoms. The number of carbonyl (C=O) groups excluding carboxylic acids is 2. The SMILES string of the molecule is CN1CCN(C(=O)c2cccc(Nc3ncc4c(n3)N(C3CCCC3)CC(C)(C)C(=O)N4C)c2)CC1. The summed E-state index contributed by atoms with van der Waals surface area (Å²) >= 11 is 0. The van der Waals surface area contributed by atoms with Crippen molar-refractivity contribution in [3.8, 4) is 0 Å². The van der Waals surface area contributed by atoms with Gasteiger partial charge in [0.05, 0.1) is 11.6 Å². The second-order valence-corrected chi connectivity index (χ2v) is 11.0. The highest BCUT2D eigenvalue weighted by Gasteiger charge is 2.41. The Labute approximate surface area is 213 Å². The monoisotopic (exact) mass is 491 g/mol. The lowest BCUT2D eigenvalue weighted by atomic mass is 9.91. The molecule has 5 rings (SSSR count). The summed E-state index contributed by atoms with van der Waals surface area (Å²) in [6.07, 6.45) is 6.36. The van der Waals surface area contributed by atoms with Crippen LogP contribution in [0.15, 0.2) is 30.5 Å². The maximum atomic E-state index is 13.2. The smallest absolute Gasteiger partial charge is 0.254 e. The van der Waals surface area contributed by atoms with Gasteiger partial charge in [-0.2, -0.15) is 4.98 Å². The Balaban J connectivity index is 1.42. The number of nitrogens with zero attached hydrogens (tertiary/aromatic N) is 6. The van der Waals surface area contributed by atoms with E-state index < -0.39 is 5.41 Å². The topological polar surface area (TPSA) is 84.9 Å². The van der Waals surface area contributed by atoms with E-state index in [0.717, 1.165) is 56.2 Å². The average Bonchev–Trinajstić information content (AvgIpc) is 3.39. The van der Waals surface area contributed by atoms with Crippen molar-refractivity contribution < 1.29 is 9.59 Å². The van der Waals surface area contributed by atoms with E-state index in [9.17, 15) is 9.59 Å². The molecular weight excluding hydrogens is 454 g/mol. The summed E-state index contributed by atoms with van der Waals surface area (Å²) in [7, 11) is 3.89. The van der Waals surface area contributed by atoms with Gasteiger partial charge in [0, 0.05) is 57.1 Å². The first kappa shape index (κ1) is 24.5. The first-order chi connectivity index (χ1) is 17.2. The number of nitrogens with one attached hydrogen (secondary N) is 1. The summed E-state index contributed by atoms with van der Waals surface area (Å²) < 4.78 is 0. The van der Waals surface area contributed by atoms with Crippen LogP contribution in [0.25, 0.3) is 0 Å². The van der Waals surface area contributed by atoms with Crippen LogP contribution in [0.1, 0.15) is 49.9 Å². The molecule has 3 heterocycles. The molecule has 1 N–H and O–H groups in total. The fraction of sp³-hybridized carbons (Fsp3) is 0.556. The molecule has 9 nitrogen and oxygen atoms in total. The normalized spacial score (nSPS) is 20.9. The number of amides is 2. The van der Waals surface area contributed by atoms with Crippen LogP contribution in [-0.4, -0.2) is 84.4 Å². The van der Waals surface area contributed by atoms with Crippen LogP contribution in [0.5, 0.6) is 0 Å². The Kier molecular flexibility index (Phi) is 6.59. The lowest BCUT2D eigenvalue weighted by Crippen LogP contribution is -2.47. The molecule has 1 aromatic carbocycles. The average molecular weight is 492 g/mol. The number of hydrogen-bond donors (Lipinski definition) is 1. The first-order valence-electron chi connectivity index (χ1n) is 13.0. The van der Waals surface area contributed by atoms with Crippen LogP contribution in [0, 0.1) is 5.41 Å². The Morgan fingerprint density at radius 2 is 1.81 bits per heavy atom. The van der Waals surface area contributed by atoms with E-state index in [4.69, 9.17) is 4.98 Å². The zero-order chi connectivity index (χ0) is 25.4. The van der Waals surface area contributed by atoms with Gasteiger partial charge in [0.15, 0.2) is 5.82 Å². The molecule has 0 atom stereocenters. The van der Waals surface area contributed by atoms with Gasteiger partial charge in [-0.25, -0.2) is 4.98 Å². The van der Waals surface area contributed by atoms with Gasteiger partial charge in [0.1, 0.15) is 5.69 Å². The van der Waals surface area contributed by atoms with Crippen LogP contribution in [0.2, 0.25) is 0 Å². The quantitative estimate of drug-likeness (QED) is 0.702. The molecule has 0 unspecified atom stereocenters. The summed E-state index contributed by atoms with van der Waals surface area (Å²) in [6, 6.07) is 7.89. The molecule has 0 radical (unpaired) electrons. The summed E-state index contributed by atoms with van der Waals surface area (Å²) in [5.41, 5.74) is 1.63. The molecule has 2 fully saturated rings. The Bertz CT molecular complexity index is 1140. The number of rotatable bonds is 4. The first-order valence-corrected chi connectivity index (χ1v) is 13.0. The van der Waals surface area contributed by atoms with Crippen molar-refractivity contribution >= 4 is 35.0 Å². The summed E-state index contributed by atoms with van der Waals surface area (Å²) in [5.74, 6) is 1.38. The third kappa shape index (κ3) is 4.76. The van der Waals surface area contributed by atoms with Crippen LogP contribution >= 0.6 is 0 Å². The minimum absolute atomic E-state index is 0.0457.